The minimum atomic E-state index is -0.502. The molecule has 0 aliphatic heterocycles. The number of hydrogen-bond acceptors (Lipinski definition) is 4. The molecule has 0 aromatic heterocycles. The Labute approximate surface area is 70.2 Å². The van der Waals surface area contributed by atoms with Crippen LogP contribution in [-0.4, -0.2) is 24.0 Å². The fourth-order valence-corrected chi connectivity index (χ4v) is 0.482. The number of esters is 1. The van der Waals surface area contributed by atoms with Gasteiger partial charge in [0.25, 0.3) is 0 Å². The predicted molar refractivity (Wildman–Crippen MR) is 42.3 cm³/mol. The van der Waals surface area contributed by atoms with Crippen molar-refractivity contribution >= 4 is 5.97 Å². The van der Waals surface area contributed by atoms with E-state index < -0.39 is 10.9 Å². The van der Waals surface area contributed by atoms with E-state index in [2.05, 4.69) is 11.3 Å². The van der Waals surface area contributed by atoms with Gasteiger partial charge in [0, 0.05) is 16.9 Å². The van der Waals surface area contributed by atoms with E-state index in [0.29, 0.717) is 5.57 Å². The van der Waals surface area contributed by atoms with Crippen molar-refractivity contribution in [1.82, 2.24) is 0 Å². The lowest BCUT2D eigenvalue weighted by Gasteiger charge is -2.00. The van der Waals surface area contributed by atoms with E-state index in [1.165, 1.54) is 6.92 Å². The molecule has 0 radical (unpaired) electrons. The fraction of sp³-hybridized carbons (Fsp3) is 0.571. The van der Waals surface area contributed by atoms with Crippen LogP contribution in [0.3, 0.4) is 0 Å². The number of carbonyl (C=O) groups excluding carboxylic acids is 1. The molecular formula is C7H11NO4. The molecule has 68 valence electrons. The second-order valence-corrected chi connectivity index (χ2v) is 2.33. The summed E-state index contributed by atoms with van der Waals surface area (Å²) >= 11 is 0. The summed E-state index contributed by atoms with van der Waals surface area (Å²) < 4.78 is 4.61. The average molecular weight is 173 g/mol. The number of hydrogen-bond donors (Lipinski definition) is 0. The van der Waals surface area contributed by atoms with E-state index in [4.69, 9.17) is 0 Å². The summed E-state index contributed by atoms with van der Waals surface area (Å²) in [5.74, 6) is -0.502. The Kier molecular flexibility index (Phi) is 4.67. The maximum atomic E-state index is 10.7. The van der Waals surface area contributed by atoms with Gasteiger partial charge in [-0.15, -0.1) is 0 Å². The van der Waals surface area contributed by atoms with Crippen LogP contribution >= 0.6 is 0 Å². The second-order valence-electron chi connectivity index (χ2n) is 2.33. The van der Waals surface area contributed by atoms with E-state index in [9.17, 15) is 14.9 Å². The highest BCUT2D eigenvalue weighted by Gasteiger charge is 2.03. The Balaban J connectivity index is 3.38. The van der Waals surface area contributed by atoms with Gasteiger partial charge in [-0.1, -0.05) is 6.58 Å². The normalized spacial score (nSPS) is 9.08. The van der Waals surface area contributed by atoms with E-state index in [1.54, 1.807) is 0 Å². The van der Waals surface area contributed by atoms with Crippen LogP contribution in [0.4, 0.5) is 0 Å². The lowest BCUT2D eigenvalue weighted by molar-refractivity contribution is -0.480. The average Bonchev–Trinajstić information content (AvgIpc) is 1.97. The van der Waals surface area contributed by atoms with Crippen LogP contribution in [0, 0.1) is 10.1 Å². The Hall–Kier alpha value is -1.39. The molecule has 0 fully saturated rings. The van der Waals surface area contributed by atoms with Crippen molar-refractivity contribution in [3.05, 3.63) is 22.3 Å². The van der Waals surface area contributed by atoms with Crippen LogP contribution in [0.15, 0.2) is 12.2 Å². The Bertz CT molecular complexity index is 200. The third kappa shape index (κ3) is 5.40. The summed E-state index contributed by atoms with van der Waals surface area (Å²) in [6.45, 7) is 4.78. The monoisotopic (exact) mass is 173 g/mol. The zero-order valence-corrected chi connectivity index (χ0v) is 6.91. The van der Waals surface area contributed by atoms with Crippen molar-refractivity contribution in [2.75, 3.05) is 13.2 Å². The van der Waals surface area contributed by atoms with Gasteiger partial charge in [0.05, 0.1) is 6.61 Å². The van der Waals surface area contributed by atoms with Crippen molar-refractivity contribution in [3.8, 4) is 0 Å². The SMILES string of the molecule is C=C(C)C(=O)OCCC[N+](=O)[O-]. The number of nitro groups is 1. The van der Waals surface area contributed by atoms with E-state index >= 15 is 0 Å². The molecule has 0 aliphatic rings. The molecule has 5 heteroatoms. The van der Waals surface area contributed by atoms with Crippen molar-refractivity contribution in [2.45, 2.75) is 13.3 Å². The molecule has 0 aliphatic carbocycles. The van der Waals surface area contributed by atoms with Crippen LogP contribution in [0.2, 0.25) is 0 Å². The summed E-state index contributed by atoms with van der Waals surface area (Å²) in [7, 11) is 0. The zero-order valence-electron chi connectivity index (χ0n) is 6.91. The van der Waals surface area contributed by atoms with Crippen LogP contribution in [0.25, 0.3) is 0 Å². The highest BCUT2D eigenvalue weighted by Crippen LogP contribution is 1.93. The standard InChI is InChI=1S/C7H11NO4/c1-6(2)7(9)12-5-3-4-8(10)11/h1,3-5H2,2H3. The number of carbonyl (C=O) groups is 1. The molecule has 5 nitrogen and oxygen atoms in total. The topological polar surface area (TPSA) is 69.4 Å². The van der Waals surface area contributed by atoms with Gasteiger partial charge in [-0.2, -0.15) is 0 Å². The van der Waals surface area contributed by atoms with Crippen LogP contribution in [-0.2, 0) is 9.53 Å². The number of nitrogens with zero attached hydrogens (tertiary/aromatic N) is 1. The lowest BCUT2D eigenvalue weighted by atomic mass is 10.4. The summed E-state index contributed by atoms with van der Waals surface area (Å²) in [6.07, 6.45) is 0.242. The summed E-state index contributed by atoms with van der Waals surface area (Å²) in [5, 5.41) is 9.83. The number of rotatable bonds is 5. The van der Waals surface area contributed by atoms with Gasteiger partial charge in [0.1, 0.15) is 0 Å². The quantitative estimate of drug-likeness (QED) is 0.202. The molecule has 0 atom stereocenters. The van der Waals surface area contributed by atoms with Gasteiger partial charge in [-0.05, 0) is 6.92 Å². The highest BCUT2D eigenvalue weighted by molar-refractivity contribution is 5.86. The molecule has 0 bridgehead atoms. The molecule has 0 saturated carbocycles. The molecule has 0 aromatic rings. The first-order valence-electron chi connectivity index (χ1n) is 3.48. The smallest absolute Gasteiger partial charge is 0.333 e. The lowest BCUT2D eigenvalue weighted by Crippen LogP contribution is -2.10. The first kappa shape index (κ1) is 10.6. The minimum absolute atomic E-state index is 0.0761. The molecule has 0 aromatic carbocycles. The van der Waals surface area contributed by atoms with Gasteiger partial charge >= 0.3 is 5.97 Å². The molecule has 12 heavy (non-hydrogen) atoms. The molecule has 0 saturated heterocycles. The van der Waals surface area contributed by atoms with Crippen molar-refractivity contribution in [1.29, 1.82) is 0 Å². The molecular weight excluding hydrogens is 162 g/mol. The number of ether oxygens (including phenoxy) is 1. The molecule has 0 amide bonds. The minimum Gasteiger partial charge on any atom is -0.462 e. The van der Waals surface area contributed by atoms with Crippen LogP contribution < -0.4 is 0 Å². The van der Waals surface area contributed by atoms with Crippen molar-refractivity contribution < 1.29 is 14.5 Å². The zero-order chi connectivity index (χ0) is 9.56. The summed E-state index contributed by atoms with van der Waals surface area (Å²) in [6, 6.07) is 0. The molecule has 0 rings (SSSR count). The maximum absolute atomic E-state index is 10.7. The van der Waals surface area contributed by atoms with Gasteiger partial charge in [-0.25, -0.2) is 4.79 Å². The van der Waals surface area contributed by atoms with E-state index in [-0.39, 0.29) is 19.6 Å². The maximum Gasteiger partial charge on any atom is 0.333 e. The molecule has 0 unspecified atom stereocenters. The first-order valence-corrected chi connectivity index (χ1v) is 3.48. The van der Waals surface area contributed by atoms with Crippen molar-refractivity contribution in [2.24, 2.45) is 0 Å². The Morgan fingerprint density at radius 2 is 2.25 bits per heavy atom. The van der Waals surface area contributed by atoms with E-state index in [1.807, 2.05) is 0 Å². The summed E-state index contributed by atoms with van der Waals surface area (Å²) in [4.78, 5) is 20.1. The largest absolute Gasteiger partial charge is 0.462 e. The molecule has 0 N–H and O–H groups in total. The second kappa shape index (κ2) is 5.29. The van der Waals surface area contributed by atoms with Crippen molar-refractivity contribution in [3.63, 3.8) is 0 Å². The van der Waals surface area contributed by atoms with Gasteiger partial charge < -0.3 is 4.74 Å². The van der Waals surface area contributed by atoms with Crippen LogP contribution in [0.5, 0.6) is 0 Å². The third-order valence-corrected chi connectivity index (χ3v) is 1.07. The summed E-state index contributed by atoms with van der Waals surface area (Å²) in [5.41, 5.74) is 0.302. The van der Waals surface area contributed by atoms with Gasteiger partial charge in [0.15, 0.2) is 0 Å². The fourth-order valence-electron chi connectivity index (χ4n) is 0.482. The third-order valence-electron chi connectivity index (χ3n) is 1.07. The first-order chi connectivity index (χ1) is 5.54. The van der Waals surface area contributed by atoms with Gasteiger partial charge in [0.2, 0.25) is 6.54 Å². The van der Waals surface area contributed by atoms with E-state index in [0.717, 1.165) is 0 Å². The Morgan fingerprint density at radius 3 is 2.67 bits per heavy atom. The van der Waals surface area contributed by atoms with Crippen LogP contribution in [0.1, 0.15) is 13.3 Å². The molecule has 0 spiro atoms. The molecule has 0 heterocycles. The Morgan fingerprint density at radius 1 is 1.67 bits per heavy atom. The predicted octanol–water partition coefficient (Wildman–Crippen LogP) is 0.772. The van der Waals surface area contributed by atoms with Gasteiger partial charge in [-0.3, -0.25) is 10.1 Å². The highest BCUT2D eigenvalue weighted by atomic mass is 16.6.